The van der Waals surface area contributed by atoms with Crippen LogP contribution < -0.4 is 11.1 Å². The van der Waals surface area contributed by atoms with Crippen LogP contribution in [-0.2, 0) is 4.79 Å². The van der Waals surface area contributed by atoms with Gasteiger partial charge < -0.3 is 16.0 Å². The molecule has 0 aliphatic carbocycles. The number of amides is 2. The van der Waals surface area contributed by atoms with Crippen LogP contribution in [0.2, 0.25) is 5.02 Å². The number of nitrogens with two attached hydrogens (primary N) is 1. The Kier molecular flexibility index (Phi) is 5.89. The zero-order chi connectivity index (χ0) is 21.1. The Labute approximate surface area is 172 Å². The second-order valence-corrected chi connectivity index (χ2v) is 6.87. The van der Waals surface area contributed by atoms with Gasteiger partial charge in [0.15, 0.2) is 5.69 Å². The van der Waals surface area contributed by atoms with E-state index in [1.165, 1.54) is 24.3 Å². The standard InChI is InChI=1S/C20H19ClFN5O2/c1-3-17(28)26-9-8-14(11-26)27-20(24-2)18(19(23)29)16(25-27)7-4-12-10-13(21)5-6-15(12)22/h3,5-6,10,14,24H,1,8-9,11H2,2H3,(H2,23,29)/t14-/m0/s1. The summed E-state index contributed by atoms with van der Waals surface area (Å²) in [5, 5.41) is 7.70. The summed E-state index contributed by atoms with van der Waals surface area (Å²) >= 11 is 5.89. The lowest BCUT2D eigenvalue weighted by atomic mass is 10.1. The van der Waals surface area contributed by atoms with Gasteiger partial charge in [0.1, 0.15) is 17.2 Å². The fraction of sp³-hybridized carbons (Fsp3) is 0.250. The van der Waals surface area contributed by atoms with Crippen molar-refractivity contribution in [3.05, 3.63) is 58.5 Å². The summed E-state index contributed by atoms with van der Waals surface area (Å²) in [6.45, 7) is 4.45. The minimum Gasteiger partial charge on any atom is -0.373 e. The summed E-state index contributed by atoms with van der Waals surface area (Å²) in [6.07, 6.45) is 1.90. The summed E-state index contributed by atoms with van der Waals surface area (Å²) in [7, 11) is 1.63. The van der Waals surface area contributed by atoms with Crippen LogP contribution in [0.5, 0.6) is 0 Å². The third-order valence-electron chi connectivity index (χ3n) is 4.63. The first kappa shape index (κ1) is 20.4. The van der Waals surface area contributed by atoms with Gasteiger partial charge in [-0.1, -0.05) is 24.1 Å². The molecule has 1 aliphatic rings. The molecule has 2 aromatic rings. The van der Waals surface area contributed by atoms with E-state index in [1.54, 1.807) is 16.6 Å². The van der Waals surface area contributed by atoms with E-state index in [0.29, 0.717) is 30.4 Å². The van der Waals surface area contributed by atoms with E-state index in [9.17, 15) is 14.0 Å². The number of hydrogen-bond acceptors (Lipinski definition) is 4. The molecular formula is C20H19ClFN5O2. The number of nitrogens with zero attached hydrogens (tertiary/aromatic N) is 3. The second kappa shape index (κ2) is 8.37. The van der Waals surface area contributed by atoms with Gasteiger partial charge in [-0.15, -0.1) is 0 Å². The molecule has 150 valence electrons. The Morgan fingerprint density at radius 3 is 2.86 bits per heavy atom. The van der Waals surface area contributed by atoms with E-state index in [2.05, 4.69) is 28.8 Å². The van der Waals surface area contributed by atoms with Crippen molar-refractivity contribution in [2.24, 2.45) is 5.73 Å². The predicted octanol–water partition coefficient (Wildman–Crippen LogP) is 2.18. The summed E-state index contributed by atoms with van der Waals surface area (Å²) in [6, 6.07) is 3.85. The minimum atomic E-state index is -0.714. The summed E-state index contributed by atoms with van der Waals surface area (Å²) in [5.41, 5.74) is 5.86. The smallest absolute Gasteiger partial charge is 0.255 e. The van der Waals surface area contributed by atoms with Crippen LogP contribution in [-0.4, -0.2) is 46.6 Å². The van der Waals surface area contributed by atoms with Crippen molar-refractivity contribution in [3.8, 4) is 11.8 Å². The molecule has 1 atom stereocenters. The molecule has 0 bridgehead atoms. The van der Waals surface area contributed by atoms with Crippen LogP contribution >= 0.6 is 11.6 Å². The molecule has 0 saturated carbocycles. The van der Waals surface area contributed by atoms with E-state index >= 15 is 0 Å². The Morgan fingerprint density at radius 1 is 1.45 bits per heavy atom. The topological polar surface area (TPSA) is 93.2 Å². The van der Waals surface area contributed by atoms with Crippen molar-refractivity contribution in [1.29, 1.82) is 0 Å². The minimum absolute atomic E-state index is 0.0806. The Hall–Kier alpha value is -3.31. The van der Waals surface area contributed by atoms with Crippen LogP contribution in [0, 0.1) is 17.7 Å². The lowest BCUT2D eigenvalue weighted by Crippen LogP contribution is -2.27. The zero-order valence-electron chi connectivity index (χ0n) is 15.7. The molecule has 2 heterocycles. The van der Waals surface area contributed by atoms with Crippen LogP contribution in [0.4, 0.5) is 10.2 Å². The number of aromatic nitrogens is 2. The average Bonchev–Trinajstić information content (AvgIpc) is 3.32. The SMILES string of the molecule is C=CC(=O)N1CC[C@H](n2nc(C#Cc3cc(Cl)ccc3F)c(C(N)=O)c2NC)C1. The molecule has 7 nitrogen and oxygen atoms in total. The molecule has 2 amide bonds. The number of carbonyl (C=O) groups is 2. The van der Waals surface area contributed by atoms with Gasteiger partial charge in [0.05, 0.1) is 11.6 Å². The quantitative estimate of drug-likeness (QED) is 0.591. The highest BCUT2D eigenvalue weighted by Gasteiger charge is 2.31. The molecule has 1 aliphatic heterocycles. The van der Waals surface area contributed by atoms with Crippen LogP contribution in [0.25, 0.3) is 0 Å². The van der Waals surface area contributed by atoms with Gasteiger partial charge in [-0.25, -0.2) is 9.07 Å². The van der Waals surface area contributed by atoms with Crippen molar-refractivity contribution in [2.45, 2.75) is 12.5 Å². The number of halogens is 2. The summed E-state index contributed by atoms with van der Waals surface area (Å²) in [4.78, 5) is 25.6. The highest BCUT2D eigenvalue weighted by molar-refractivity contribution is 6.30. The molecule has 1 aromatic heterocycles. The van der Waals surface area contributed by atoms with Gasteiger partial charge in [-0.3, -0.25) is 9.59 Å². The average molecular weight is 416 g/mol. The molecule has 29 heavy (non-hydrogen) atoms. The first-order valence-electron chi connectivity index (χ1n) is 8.84. The molecule has 0 unspecified atom stereocenters. The van der Waals surface area contributed by atoms with Crippen molar-refractivity contribution in [3.63, 3.8) is 0 Å². The second-order valence-electron chi connectivity index (χ2n) is 6.44. The fourth-order valence-corrected chi connectivity index (χ4v) is 3.42. The monoisotopic (exact) mass is 415 g/mol. The van der Waals surface area contributed by atoms with Crippen LogP contribution in [0.15, 0.2) is 30.9 Å². The third-order valence-corrected chi connectivity index (χ3v) is 4.87. The van der Waals surface area contributed by atoms with Crippen molar-refractivity contribution >= 4 is 29.2 Å². The number of nitrogens with one attached hydrogen (secondary N) is 1. The van der Waals surface area contributed by atoms with E-state index < -0.39 is 11.7 Å². The molecule has 0 radical (unpaired) electrons. The number of carbonyl (C=O) groups excluding carboxylic acids is 2. The van der Waals surface area contributed by atoms with Crippen LogP contribution in [0.3, 0.4) is 0 Å². The molecular weight excluding hydrogens is 397 g/mol. The van der Waals surface area contributed by atoms with Gasteiger partial charge in [-0.2, -0.15) is 5.10 Å². The number of anilines is 1. The van der Waals surface area contributed by atoms with Gasteiger partial charge in [0.2, 0.25) is 5.91 Å². The number of benzene rings is 1. The molecule has 3 rings (SSSR count). The van der Waals surface area contributed by atoms with Crippen molar-refractivity contribution < 1.29 is 14.0 Å². The van der Waals surface area contributed by atoms with E-state index in [1.807, 2.05) is 0 Å². The molecule has 1 fully saturated rings. The third kappa shape index (κ3) is 4.10. The first-order chi connectivity index (χ1) is 13.8. The fourth-order valence-electron chi connectivity index (χ4n) is 3.25. The largest absolute Gasteiger partial charge is 0.373 e. The maximum Gasteiger partial charge on any atom is 0.255 e. The maximum absolute atomic E-state index is 13.9. The highest BCUT2D eigenvalue weighted by Crippen LogP contribution is 2.29. The molecule has 0 spiro atoms. The van der Waals surface area contributed by atoms with E-state index in [4.69, 9.17) is 17.3 Å². The number of likely N-dealkylation sites (tertiary alicyclic amines) is 1. The van der Waals surface area contributed by atoms with Gasteiger partial charge in [-0.05, 0) is 36.6 Å². The number of primary amides is 1. The Balaban J connectivity index is 2.02. The van der Waals surface area contributed by atoms with Gasteiger partial charge in [0, 0.05) is 25.2 Å². The van der Waals surface area contributed by atoms with Crippen molar-refractivity contribution in [2.75, 3.05) is 25.5 Å². The summed E-state index contributed by atoms with van der Waals surface area (Å²) < 4.78 is 15.5. The zero-order valence-corrected chi connectivity index (χ0v) is 16.5. The summed E-state index contributed by atoms with van der Waals surface area (Å²) in [5.74, 6) is 4.36. The maximum atomic E-state index is 13.9. The predicted molar refractivity (Wildman–Crippen MR) is 108 cm³/mol. The number of rotatable bonds is 4. The normalized spacial score (nSPS) is 15.6. The number of hydrogen-bond donors (Lipinski definition) is 2. The molecule has 3 N–H and O–H groups in total. The van der Waals surface area contributed by atoms with Crippen LogP contribution in [0.1, 0.15) is 34.1 Å². The lowest BCUT2D eigenvalue weighted by molar-refractivity contribution is -0.125. The Morgan fingerprint density at radius 2 is 2.21 bits per heavy atom. The van der Waals surface area contributed by atoms with Crippen molar-refractivity contribution in [1.82, 2.24) is 14.7 Å². The molecule has 1 saturated heterocycles. The highest BCUT2D eigenvalue weighted by atomic mass is 35.5. The van der Waals surface area contributed by atoms with E-state index in [-0.39, 0.29) is 28.8 Å². The van der Waals surface area contributed by atoms with Gasteiger partial charge >= 0.3 is 0 Å². The Bertz CT molecular complexity index is 1050. The molecule has 9 heteroatoms. The van der Waals surface area contributed by atoms with E-state index in [0.717, 1.165) is 0 Å². The first-order valence-corrected chi connectivity index (χ1v) is 9.22. The lowest BCUT2D eigenvalue weighted by Gasteiger charge is -2.16. The van der Waals surface area contributed by atoms with Gasteiger partial charge in [0.25, 0.3) is 5.91 Å². The molecule has 1 aromatic carbocycles.